The molecule has 24 heavy (non-hydrogen) atoms. The van der Waals surface area contributed by atoms with E-state index in [1.807, 2.05) is 13.0 Å². The standard InChI is InChI=1S/C14H21F3N4O2S/c1-3-12-8-13(20-10(2)19-12)18-9-11-4-6-21(7-5-11)24(22,23)14(15,16)17/h8,11H,3-7,9H2,1-2H3,(H,18,19,20). The van der Waals surface area contributed by atoms with E-state index in [0.29, 0.717) is 35.3 Å². The minimum absolute atomic E-state index is 0.102. The van der Waals surface area contributed by atoms with Crippen molar-refractivity contribution in [1.29, 1.82) is 0 Å². The molecule has 1 N–H and O–H groups in total. The van der Waals surface area contributed by atoms with Crippen LogP contribution in [-0.2, 0) is 16.4 Å². The van der Waals surface area contributed by atoms with Crippen LogP contribution in [0.5, 0.6) is 0 Å². The van der Waals surface area contributed by atoms with E-state index in [4.69, 9.17) is 0 Å². The minimum Gasteiger partial charge on any atom is -0.370 e. The van der Waals surface area contributed by atoms with Gasteiger partial charge in [0.15, 0.2) is 0 Å². The Kier molecular flexibility index (Phi) is 5.69. The molecule has 1 fully saturated rings. The topological polar surface area (TPSA) is 75.2 Å². The van der Waals surface area contributed by atoms with Gasteiger partial charge in [-0.15, -0.1) is 0 Å². The zero-order valence-corrected chi connectivity index (χ0v) is 14.4. The SMILES string of the molecule is CCc1cc(NCC2CCN(S(=O)(=O)C(F)(F)F)CC2)nc(C)n1. The van der Waals surface area contributed by atoms with Crippen LogP contribution in [0.1, 0.15) is 31.3 Å². The first-order chi connectivity index (χ1) is 11.1. The fourth-order valence-electron chi connectivity index (χ4n) is 2.65. The van der Waals surface area contributed by atoms with E-state index in [2.05, 4.69) is 15.3 Å². The molecule has 1 aromatic heterocycles. The molecule has 2 heterocycles. The third kappa shape index (κ3) is 4.35. The molecule has 1 aromatic rings. The number of anilines is 1. The summed E-state index contributed by atoms with van der Waals surface area (Å²) in [5.74, 6) is 1.44. The highest BCUT2D eigenvalue weighted by Gasteiger charge is 2.50. The number of piperidine rings is 1. The maximum Gasteiger partial charge on any atom is 0.511 e. The Morgan fingerprint density at radius 3 is 2.46 bits per heavy atom. The van der Waals surface area contributed by atoms with Gasteiger partial charge in [0.25, 0.3) is 0 Å². The van der Waals surface area contributed by atoms with Crippen LogP contribution in [0.4, 0.5) is 19.0 Å². The van der Waals surface area contributed by atoms with E-state index in [-0.39, 0.29) is 19.0 Å². The van der Waals surface area contributed by atoms with E-state index in [0.717, 1.165) is 12.1 Å². The highest BCUT2D eigenvalue weighted by molar-refractivity contribution is 7.90. The van der Waals surface area contributed by atoms with Crippen LogP contribution < -0.4 is 5.32 Å². The molecule has 2 rings (SSSR count). The lowest BCUT2D eigenvalue weighted by Gasteiger charge is -2.31. The van der Waals surface area contributed by atoms with Gasteiger partial charge in [0.1, 0.15) is 11.6 Å². The Morgan fingerprint density at radius 1 is 1.29 bits per heavy atom. The van der Waals surface area contributed by atoms with Gasteiger partial charge in [-0.3, -0.25) is 0 Å². The quantitative estimate of drug-likeness (QED) is 0.866. The Morgan fingerprint density at radius 2 is 1.92 bits per heavy atom. The number of aryl methyl sites for hydroxylation is 2. The summed E-state index contributed by atoms with van der Waals surface area (Å²) in [5.41, 5.74) is -4.32. The maximum absolute atomic E-state index is 12.5. The number of nitrogens with one attached hydrogen (secondary N) is 1. The van der Waals surface area contributed by atoms with E-state index in [9.17, 15) is 21.6 Å². The lowest BCUT2D eigenvalue weighted by Crippen LogP contribution is -2.45. The number of hydrogen-bond acceptors (Lipinski definition) is 5. The monoisotopic (exact) mass is 366 g/mol. The molecule has 6 nitrogen and oxygen atoms in total. The number of rotatable bonds is 5. The Balaban J connectivity index is 1.89. The van der Waals surface area contributed by atoms with Crippen LogP contribution in [-0.4, -0.2) is 47.8 Å². The molecule has 10 heteroatoms. The number of aromatic nitrogens is 2. The van der Waals surface area contributed by atoms with Crippen LogP contribution >= 0.6 is 0 Å². The molecule has 0 unspecified atom stereocenters. The second kappa shape index (κ2) is 7.22. The maximum atomic E-state index is 12.5. The summed E-state index contributed by atoms with van der Waals surface area (Å²) in [7, 11) is -5.21. The van der Waals surface area contributed by atoms with Crippen LogP contribution in [0.15, 0.2) is 6.07 Å². The van der Waals surface area contributed by atoms with Crippen LogP contribution in [0.2, 0.25) is 0 Å². The van der Waals surface area contributed by atoms with Gasteiger partial charge in [-0.25, -0.2) is 18.4 Å². The molecule has 0 radical (unpaired) electrons. The lowest BCUT2D eigenvalue weighted by molar-refractivity contribution is -0.0496. The van der Waals surface area contributed by atoms with Gasteiger partial charge in [0.2, 0.25) is 0 Å². The van der Waals surface area contributed by atoms with Gasteiger partial charge in [0, 0.05) is 31.4 Å². The molecule has 0 amide bonds. The van der Waals surface area contributed by atoms with Crippen LogP contribution in [0.3, 0.4) is 0 Å². The first kappa shape index (κ1) is 18.9. The average Bonchev–Trinajstić information content (AvgIpc) is 2.51. The normalized spacial score (nSPS) is 17.9. The highest BCUT2D eigenvalue weighted by Crippen LogP contribution is 2.30. The lowest BCUT2D eigenvalue weighted by atomic mass is 9.98. The van der Waals surface area contributed by atoms with Crippen molar-refractivity contribution in [1.82, 2.24) is 14.3 Å². The third-order valence-corrected chi connectivity index (χ3v) is 5.66. The van der Waals surface area contributed by atoms with Crippen molar-refractivity contribution < 1.29 is 21.6 Å². The van der Waals surface area contributed by atoms with Gasteiger partial charge in [-0.05, 0) is 32.1 Å². The van der Waals surface area contributed by atoms with Crippen molar-refractivity contribution in [3.8, 4) is 0 Å². The van der Waals surface area contributed by atoms with Gasteiger partial charge in [0.05, 0.1) is 0 Å². The van der Waals surface area contributed by atoms with E-state index in [1.165, 1.54) is 0 Å². The molecule has 1 aliphatic rings. The zero-order chi connectivity index (χ0) is 18.0. The molecule has 0 bridgehead atoms. The summed E-state index contributed by atoms with van der Waals surface area (Å²) in [5, 5.41) is 3.17. The summed E-state index contributed by atoms with van der Waals surface area (Å²) < 4.78 is 60.9. The van der Waals surface area contributed by atoms with E-state index < -0.39 is 15.5 Å². The molecule has 0 saturated carbocycles. The molecule has 0 aromatic carbocycles. The van der Waals surface area contributed by atoms with Gasteiger partial charge < -0.3 is 5.32 Å². The van der Waals surface area contributed by atoms with Crippen molar-refractivity contribution in [2.45, 2.75) is 38.6 Å². The van der Waals surface area contributed by atoms with Crippen molar-refractivity contribution in [2.24, 2.45) is 5.92 Å². The molecule has 1 aliphatic heterocycles. The Bertz CT molecular complexity index is 671. The Labute approximate surface area is 139 Å². The van der Waals surface area contributed by atoms with Crippen LogP contribution in [0, 0.1) is 12.8 Å². The largest absolute Gasteiger partial charge is 0.511 e. The molecule has 0 spiro atoms. The van der Waals surface area contributed by atoms with Gasteiger partial charge in [-0.1, -0.05) is 6.92 Å². The number of alkyl halides is 3. The first-order valence-corrected chi connectivity index (χ1v) is 9.22. The van der Waals surface area contributed by atoms with E-state index in [1.54, 1.807) is 6.92 Å². The molecule has 0 atom stereocenters. The summed E-state index contributed by atoms with van der Waals surface area (Å²) in [4.78, 5) is 8.55. The minimum atomic E-state index is -5.23. The predicted molar refractivity (Wildman–Crippen MR) is 83.9 cm³/mol. The predicted octanol–water partition coefficient (Wildman–Crippen LogP) is 2.32. The fourth-order valence-corrected chi connectivity index (χ4v) is 3.63. The third-order valence-electron chi connectivity index (χ3n) is 4.03. The number of sulfonamides is 1. The van der Waals surface area contributed by atoms with Gasteiger partial charge in [-0.2, -0.15) is 17.5 Å². The smallest absolute Gasteiger partial charge is 0.370 e. The molecular formula is C14H21F3N4O2S. The second-order valence-electron chi connectivity index (χ2n) is 5.82. The van der Waals surface area contributed by atoms with Crippen molar-refractivity contribution in [2.75, 3.05) is 25.0 Å². The summed E-state index contributed by atoms with van der Waals surface area (Å²) >= 11 is 0. The van der Waals surface area contributed by atoms with Crippen molar-refractivity contribution in [3.63, 3.8) is 0 Å². The number of hydrogen-bond donors (Lipinski definition) is 1. The highest BCUT2D eigenvalue weighted by atomic mass is 32.2. The van der Waals surface area contributed by atoms with Crippen LogP contribution in [0.25, 0.3) is 0 Å². The zero-order valence-electron chi connectivity index (χ0n) is 13.6. The molecular weight excluding hydrogens is 345 g/mol. The van der Waals surface area contributed by atoms with Crippen molar-refractivity contribution in [3.05, 3.63) is 17.6 Å². The summed E-state index contributed by atoms with van der Waals surface area (Å²) in [6.07, 6.45) is 1.55. The second-order valence-corrected chi connectivity index (χ2v) is 7.75. The summed E-state index contributed by atoms with van der Waals surface area (Å²) in [6.45, 7) is 4.10. The Hall–Kier alpha value is -1.42. The fraction of sp³-hybridized carbons (Fsp3) is 0.714. The molecule has 1 saturated heterocycles. The molecule has 136 valence electrons. The van der Waals surface area contributed by atoms with Gasteiger partial charge >= 0.3 is 15.5 Å². The summed E-state index contributed by atoms with van der Waals surface area (Å²) in [6, 6.07) is 1.84. The van der Waals surface area contributed by atoms with Crippen molar-refractivity contribution >= 4 is 15.8 Å². The number of nitrogens with zero attached hydrogens (tertiary/aromatic N) is 3. The first-order valence-electron chi connectivity index (χ1n) is 7.78. The number of halogens is 3. The molecule has 0 aliphatic carbocycles. The van der Waals surface area contributed by atoms with E-state index >= 15 is 0 Å². The average molecular weight is 366 g/mol.